The molecule has 0 bridgehead atoms. The number of aliphatic hydroxyl groups is 1. The molecule has 0 saturated carbocycles. The number of hydrogen-bond acceptors (Lipinski definition) is 3. The van der Waals surface area contributed by atoms with Crippen molar-refractivity contribution in [1.82, 2.24) is 0 Å². The molecule has 0 fully saturated rings. The normalized spacial score (nSPS) is 15.2. The maximum atomic E-state index is 10.2. The second-order valence-electron chi connectivity index (χ2n) is 3.89. The molecular formula is C12H21NOS. The molecule has 1 aromatic heterocycles. The first kappa shape index (κ1) is 12.7. The largest absolute Gasteiger partial charge is 0.387 e. The van der Waals surface area contributed by atoms with Crippen molar-refractivity contribution in [3.05, 3.63) is 21.9 Å². The molecule has 0 spiro atoms. The van der Waals surface area contributed by atoms with Gasteiger partial charge in [-0.1, -0.05) is 20.3 Å². The first-order valence-electron chi connectivity index (χ1n) is 5.68. The lowest BCUT2D eigenvalue weighted by atomic mass is 9.94. The third-order valence-corrected chi connectivity index (χ3v) is 3.87. The van der Waals surface area contributed by atoms with Gasteiger partial charge in [-0.3, -0.25) is 0 Å². The van der Waals surface area contributed by atoms with Gasteiger partial charge in [0.05, 0.1) is 6.10 Å². The molecule has 3 heteroatoms. The van der Waals surface area contributed by atoms with Crippen molar-refractivity contribution in [3.63, 3.8) is 0 Å². The summed E-state index contributed by atoms with van der Waals surface area (Å²) in [6.45, 7) is 4.82. The van der Waals surface area contributed by atoms with Crippen molar-refractivity contribution in [1.29, 1.82) is 0 Å². The second-order valence-corrected chi connectivity index (χ2v) is 4.84. The van der Waals surface area contributed by atoms with Crippen LogP contribution in [-0.2, 0) is 6.42 Å². The summed E-state index contributed by atoms with van der Waals surface area (Å²) in [4.78, 5) is 1.11. The monoisotopic (exact) mass is 227 g/mol. The van der Waals surface area contributed by atoms with Gasteiger partial charge in [0.15, 0.2) is 0 Å². The van der Waals surface area contributed by atoms with E-state index in [-0.39, 0.29) is 12.0 Å². The van der Waals surface area contributed by atoms with E-state index in [1.165, 1.54) is 5.56 Å². The highest BCUT2D eigenvalue weighted by Gasteiger charge is 2.21. The minimum atomic E-state index is -0.370. The molecule has 0 amide bonds. The maximum Gasteiger partial charge on any atom is 0.0924 e. The molecular weight excluding hydrogens is 206 g/mol. The zero-order valence-corrected chi connectivity index (χ0v) is 10.4. The molecule has 3 N–H and O–H groups in total. The van der Waals surface area contributed by atoms with Crippen LogP contribution in [0.1, 0.15) is 43.2 Å². The molecule has 1 aromatic rings. The lowest BCUT2D eigenvalue weighted by Gasteiger charge is -2.21. The van der Waals surface area contributed by atoms with Gasteiger partial charge >= 0.3 is 0 Å². The molecule has 2 unspecified atom stereocenters. The summed E-state index contributed by atoms with van der Waals surface area (Å²) < 4.78 is 0. The standard InChI is InChI=1S/C12H21NOS/c1-3-5-10(8-13)11(14)12-9(4-2)6-7-15-12/h6-7,10-11,14H,3-5,8,13H2,1-2H3. The molecule has 2 atom stereocenters. The van der Waals surface area contributed by atoms with Crippen molar-refractivity contribution >= 4 is 11.3 Å². The fourth-order valence-electron chi connectivity index (χ4n) is 1.89. The summed E-state index contributed by atoms with van der Waals surface area (Å²) in [7, 11) is 0. The lowest BCUT2D eigenvalue weighted by molar-refractivity contribution is 0.109. The van der Waals surface area contributed by atoms with Crippen LogP contribution in [0, 0.1) is 5.92 Å². The highest BCUT2D eigenvalue weighted by Crippen LogP contribution is 2.31. The third kappa shape index (κ3) is 3.03. The van der Waals surface area contributed by atoms with Crippen LogP contribution in [0.5, 0.6) is 0 Å². The van der Waals surface area contributed by atoms with E-state index < -0.39 is 0 Å². The Morgan fingerprint density at radius 1 is 1.47 bits per heavy atom. The van der Waals surface area contributed by atoms with Crippen LogP contribution in [-0.4, -0.2) is 11.7 Å². The van der Waals surface area contributed by atoms with E-state index in [0.717, 1.165) is 24.1 Å². The number of rotatable bonds is 6. The van der Waals surface area contributed by atoms with Gasteiger partial charge in [-0.2, -0.15) is 0 Å². The van der Waals surface area contributed by atoms with Crippen LogP contribution < -0.4 is 5.73 Å². The third-order valence-electron chi connectivity index (χ3n) is 2.84. The molecule has 0 aliphatic rings. The van der Waals surface area contributed by atoms with Gasteiger partial charge < -0.3 is 10.8 Å². The van der Waals surface area contributed by atoms with Crippen molar-refractivity contribution in [3.8, 4) is 0 Å². The van der Waals surface area contributed by atoms with E-state index in [1.807, 2.05) is 0 Å². The highest BCUT2D eigenvalue weighted by molar-refractivity contribution is 7.10. The fraction of sp³-hybridized carbons (Fsp3) is 0.667. The number of hydrogen-bond donors (Lipinski definition) is 2. The summed E-state index contributed by atoms with van der Waals surface area (Å²) in [5.74, 6) is 0.207. The average Bonchev–Trinajstić information content (AvgIpc) is 2.72. The van der Waals surface area contributed by atoms with E-state index in [0.29, 0.717) is 6.54 Å². The minimum Gasteiger partial charge on any atom is -0.387 e. The summed E-state index contributed by atoms with van der Waals surface area (Å²) in [6.07, 6.45) is 2.69. The molecule has 0 saturated heterocycles. The molecule has 15 heavy (non-hydrogen) atoms. The Hall–Kier alpha value is -0.380. The van der Waals surface area contributed by atoms with Crippen LogP contribution in [0.4, 0.5) is 0 Å². The molecule has 0 aliphatic carbocycles. The summed E-state index contributed by atoms with van der Waals surface area (Å²) >= 11 is 1.65. The predicted molar refractivity (Wildman–Crippen MR) is 66.1 cm³/mol. The first-order chi connectivity index (χ1) is 7.24. The van der Waals surface area contributed by atoms with Gasteiger partial charge in [-0.05, 0) is 36.4 Å². The lowest BCUT2D eigenvalue weighted by Crippen LogP contribution is -2.21. The van der Waals surface area contributed by atoms with Crippen molar-refractivity contribution in [2.45, 2.75) is 39.2 Å². The van der Waals surface area contributed by atoms with Gasteiger partial charge in [-0.25, -0.2) is 0 Å². The van der Waals surface area contributed by atoms with Crippen molar-refractivity contribution in [2.24, 2.45) is 11.7 Å². The van der Waals surface area contributed by atoms with E-state index in [1.54, 1.807) is 11.3 Å². The molecule has 1 rings (SSSR count). The van der Waals surface area contributed by atoms with Crippen LogP contribution in [0.15, 0.2) is 11.4 Å². The van der Waals surface area contributed by atoms with Crippen molar-refractivity contribution < 1.29 is 5.11 Å². The number of aliphatic hydroxyl groups excluding tert-OH is 1. The Bertz CT molecular complexity index is 285. The fourth-order valence-corrected chi connectivity index (χ4v) is 2.96. The Morgan fingerprint density at radius 3 is 2.73 bits per heavy atom. The summed E-state index contributed by atoms with van der Waals surface area (Å²) in [6, 6.07) is 2.10. The number of aryl methyl sites for hydroxylation is 1. The van der Waals surface area contributed by atoms with E-state index in [2.05, 4.69) is 25.3 Å². The van der Waals surface area contributed by atoms with E-state index in [9.17, 15) is 5.11 Å². The average molecular weight is 227 g/mol. The van der Waals surface area contributed by atoms with Gasteiger partial charge in [0.2, 0.25) is 0 Å². The molecule has 1 heterocycles. The molecule has 86 valence electrons. The maximum absolute atomic E-state index is 10.2. The highest BCUT2D eigenvalue weighted by atomic mass is 32.1. The number of nitrogens with two attached hydrogens (primary N) is 1. The predicted octanol–water partition coefficient (Wildman–Crippen LogP) is 2.72. The summed E-state index contributed by atoms with van der Waals surface area (Å²) in [5, 5.41) is 12.3. The van der Waals surface area contributed by atoms with Crippen LogP contribution in [0.2, 0.25) is 0 Å². The van der Waals surface area contributed by atoms with Crippen molar-refractivity contribution in [2.75, 3.05) is 6.54 Å². The molecule has 0 aromatic carbocycles. The Kier molecular flexibility index (Phi) is 5.29. The van der Waals surface area contributed by atoms with E-state index in [4.69, 9.17) is 5.73 Å². The quantitative estimate of drug-likeness (QED) is 0.785. The second kappa shape index (κ2) is 6.26. The molecule has 0 radical (unpaired) electrons. The SMILES string of the molecule is CCCC(CN)C(O)c1sccc1CC. The Labute approximate surface area is 96.1 Å². The van der Waals surface area contributed by atoms with Gasteiger partial charge in [0.25, 0.3) is 0 Å². The molecule has 0 aliphatic heterocycles. The number of thiophene rings is 1. The minimum absolute atomic E-state index is 0.207. The van der Waals surface area contributed by atoms with Crippen LogP contribution in [0.25, 0.3) is 0 Å². The smallest absolute Gasteiger partial charge is 0.0924 e. The zero-order valence-electron chi connectivity index (χ0n) is 9.57. The Balaban J connectivity index is 2.77. The van der Waals surface area contributed by atoms with Gasteiger partial charge in [0, 0.05) is 10.8 Å². The Morgan fingerprint density at radius 2 is 2.20 bits per heavy atom. The summed E-state index contributed by atoms with van der Waals surface area (Å²) in [5.41, 5.74) is 6.97. The van der Waals surface area contributed by atoms with Crippen LogP contribution in [0.3, 0.4) is 0 Å². The zero-order chi connectivity index (χ0) is 11.3. The topological polar surface area (TPSA) is 46.2 Å². The van der Waals surface area contributed by atoms with Gasteiger partial charge in [0.1, 0.15) is 0 Å². The van der Waals surface area contributed by atoms with E-state index >= 15 is 0 Å². The first-order valence-corrected chi connectivity index (χ1v) is 6.56. The van der Waals surface area contributed by atoms with Crippen LogP contribution >= 0.6 is 11.3 Å². The molecule has 2 nitrogen and oxygen atoms in total. The van der Waals surface area contributed by atoms with Gasteiger partial charge in [-0.15, -0.1) is 11.3 Å².